The van der Waals surface area contributed by atoms with Crippen LogP contribution in [0.25, 0.3) is 22.0 Å². The van der Waals surface area contributed by atoms with E-state index in [1.54, 1.807) is 31.7 Å². The predicted octanol–water partition coefficient (Wildman–Crippen LogP) is 6.90. The minimum absolute atomic E-state index is 0.0611. The zero-order valence-corrected chi connectivity index (χ0v) is 29.3. The van der Waals surface area contributed by atoms with Gasteiger partial charge in [0.2, 0.25) is 5.95 Å². The van der Waals surface area contributed by atoms with E-state index in [2.05, 4.69) is 26.1 Å². The van der Waals surface area contributed by atoms with Crippen LogP contribution in [0.3, 0.4) is 0 Å². The molecule has 4 aromatic rings. The number of amides is 2. The molecule has 0 saturated carbocycles. The minimum atomic E-state index is -0.787. The number of aromatic nitrogens is 4. The van der Waals surface area contributed by atoms with Gasteiger partial charge in [0, 0.05) is 31.6 Å². The summed E-state index contributed by atoms with van der Waals surface area (Å²) in [5, 5.41) is 12.4. The molecule has 1 N–H and O–H groups in total. The highest BCUT2D eigenvalue weighted by Crippen LogP contribution is 2.39. The summed E-state index contributed by atoms with van der Waals surface area (Å²) >= 11 is 0. The first-order chi connectivity index (χ1) is 23.1. The van der Waals surface area contributed by atoms with E-state index in [0.29, 0.717) is 45.0 Å². The quantitative estimate of drug-likeness (QED) is 0.245. The van der Waals surface area contributed by atoms with Crippen molar-refractivity contribution in [2.75, 3.05) is 49.6 Å². The molecule has 2 aromatic heterocycles. The molecule has 4 heterocycles. The number of halogens is 2. The number of carbonyl (C=O) groups excluding carboxylic acids is 2. The molecule has 13 heteroatoms. The summed E-state index contributed by atoms with van der Waals surface area (Å²) in [7, 11) is 0. The number of nitrogens with zero attached hydrogens (tertiary/aromatic N) is 6. The Morgan fingerprint density at radius 2 is 1.63 bits per heavy atom. The van der Waals surface area contributed by atoms with Crippen LogP contribution in [0.5, 0.6) is 0 Å². The first-order valence-electron chi connectivity index (χ1n) is 16.8. The number of nitrogens with one attached hydrogen (secondary N) is 1. The van der Waals surface area contributed by atoms with Crippen LogP contribution in [0, 0.1) is 18.7 Å². The highest BCUT2D eigenvalue weighted by atomic mass is 19.1. The van der Waals surface area contributed by atoms with Crippen LogP contribution in [-0.4, -0.2) is 81.5 Å². The van der Waals surface area contributed by atoms with Gasteiger partial charge < -0.3 is 24.6 Å². The molecule has 0 atom stereocenters. The number of hydrogen-bond acceptors (Lipinski definition) is 7. The third kappa shape index (κ3) is 7.12. The fourth-order valence-electron chi connectivity index (χ4n) is 6.49. The molecule has 0 unspecified atom stereocenters. The van der Waals surface area contributed by atoms with Gasteiger partial charge in [0.05, 0.1) is 54.1 Å². The SMILES string of the molecule is Cc1cc(F)c(NC(=O)c2cnn(C(C)(C)C)c2F)cc1-c1cc(N2CCOCC2)c2c(cnn2C2CCN(C(=O)OC(C)(C)C)CC2)c1. The van der Waals surface area contributed by atoms with Gasteiger partial charge in [0.25, 0.3) is 5.91 Å². The highest BCUT2D eigenvalue weighted by Gasteiger charge is 2.30. The maximum absolute atomic E-state index is 15.3. The van der Waals surface area contributed by atoms with Crippen molar-refractivity contribution in [2.45, 2.75) is 78.5 Å². The number of anilines is 2. The molecular weight excluding hydrogens is 632 g/mol. The third-order valence-electron chi connectivity index (χ3n) is 8.95. The maximum atomic E-state index is 15.3. The molecule has 2 fully saturated rings. The minimum Gasteiger partial charge on any atom is -0.444 e. The van der Waals surface area contributed by atoms with Crippen molar-refractivity contribution in [3.8, 4) is 11.1 Å². The van der Waals surface area contributed by atoms with Crippen molar-refractivity contribution in [1.82, 2.24) is 24.5 Å². The molecule has 0 aliphatic carbocycles. The number of fused-ring (bicyclic) bond motifs is 1. The standard InChI is InChI=1S/C36H45F2N7O4/c1-22-16-28(37)29(41-33(46)27-21-40-45(32(27)38)35(2,3)4)19-26(22)23-17-24-20-39-44(31(24)30(18-23)42-12-14-48-15-13-42)25-8-10-43(11-9-25)34(47)49-36(5,6)7/h16-21,25H,8-15H2,1-7H3,(H,41,46). The summed E-state index contributed by atoms with van der Waals surface area (Å²) in [5.41, 5.74) is 2.63. The Balaban J connectivity index is 1.33. The Hall–Kier alpha value is -4.52. The predicted molar refractivity (Wildman–Crippen MR) is 184 cm³/mol. The smallest absolute Gasteiger partial charge is 0.410 e. The number of piperidine rings is 1. The molecule has 2 amide bonds. The average Bonchev–Trinajstić information content (AvgIpc) is 3.65. The first kappa shape index (κ1) is 34.3. The second-order valence-corrected chi connectivity index (χ2v) is 14.9. The maximum Gasteiger partial charge on any atom is 0.410 e. The summed E-state index contributed by atoms with van der Waals surface area (Å²) in [6.07, 6.45) is 4.17. The summed E-state index contributed by atoms with van der Waals surface area (Å²) in [6, 6.07) is 7.16. The number of likely N-dealkylation sites (tertiary alicyclic amines) is 1. The molecular formula is C36H45F2N7O4. The van der Waals surface area contributed by atoms with E-state index >= 15 is 8.78 Å². The normalized spacial score (nSPS) is 16.3. The second kappa shape index (κ2) is 13.1. The Kier molecular flexibility index (Phi) is 9.16. The Labute approximate surface area is 285 Å². The Morgan fingerprint density at radius 3 is 2.27 bits per heavy atom. The van der Waals surface area contributed by atoms with Gasteiger partial charge in [-0.25, -0.2) is 13.9 Å². The van der Waals surface area contributed by atoms with Crippen molar-refractivity contribution in [3.05, 3.63) is 59.6 Å². The average molecular weight is 678 g/mol. The molecule has 11 nitrogen and oxygen atoms in total. The van der Waals surface area contributed by atoms with Gasteiger partial charge in [-0.3, -0.25) is 9.48 Å². The number of benzene rings is 2. The molecule has 2 aliphatic heterocycles. The lowest BCUT2D eigenvalue weighted by molar-refractivity contribution is 0.0186. The molecule has 2 aliphatic rings. The molecule has 2 saturated heterocycles. The fourth-order valence-corrected chi connectivity index (χ4v) is 6.49. The number of morpholine rings is 1. The number of carbonyl (C=O) groups is 2. The zero-order valence-electron chi connectivity index (χ0n) is 29.3. The molecule has 6 rings (SSSR count). The van der Waals surface area contributed by atoms with Crippen molar-refractivity contribution < 1.29 is 27.8 Å². The highest BCUT2D eigenvalue weighted by molar-refractivity contribution is 6.05. The third-order valence-corrected chi connectivity index (χ3v) is 8.95. The lowest BCUT2D eigenvalue weighted by atomic mass is 9.96. The van der Waals surface area contributed by atoms with Crippen molar-refractivity contribution >= 4 is 34.3 Å². The van der Waals surface area contributed by atoms with Gasteiger partial charge in [0.15, 0.2) is 0 Å². The van der Waals surface area contributed by atoms with Gasteiger partial charge in [-0.2, -0.15) is 14.6 Å². The first-order valence-corrected chi connectivity index (χ1v) is 16.8. The van der Waals surface area contributed by atoms with Gasteiger partial charge in [-0.05, 0) is 102 Å². The van der Waals surface area contributed by atoms with E-state index in [1.807, 2.05) is 40.0 Å². The largest absolute Gasteiger partial charge is 0.444 e. The van der Waals surface area contributed by atoms with Crippen LogP contribution >= 0.6 is 0 Å². The van der Waals surface area contributed by atoms with Crippen LogP contribution < -0.4 is 10.2 Å². The van der Waals surface area contributed by atoms with Crippen LogP contribution in [0.4, 0.5) is 25.0 Å². The zero-order chi connectivity index (χ0) is 35.2. The monoisotopic (exact) mass is 677 g/mol. The summed E-state index contributed by atoms with van der Waals surface area (Å²) in [4.78, 5) is 29.9. The Morgan fingerprint density at radius 1 is 0.939 bits per heavy atom. The molecule has 0 bridgehead atoms. The summed E-state index contributed by atoms with van der Waals surface area (Å²) in [5.74, 6) is -2.20. The van der Waals surface area contributed by atoms with Gasteiger partial charge >= 0.3 is 6.09 Å². The topological polar surface area (TPSA) is 107 Å². The number of ether oxygens (including phenoxy) is 2. The summed E-state index contributed by atoms with van der Waals surface area (Å²) < 4.78 is 44.9. The number of rotatable bonds is 5. The van der Waals surface area contributed by atoms with E-state index in [4.69, 9.17) is 14.6 Å². The van der Waals surface area contributed by atoms with E-state index in [-0.39, 0.29) is 23.4 Å². The Bertz CT molecular complexity index is 1870. The number of hydrogen-bond donors (Lipinski definition) is 1. The van der Waals surface area contributed by atoms with Crippen molar-refractivity contribution in [1.29, 1.82) is 0 Å². The fraction of sp³-hybridized carbons (Fsp3) is 0.500. The van der Waals surface area contributed by atoms with Gasteiger partial charge in [-0.1, -0.05) is 0 Å². The van der Waals surface area contributed by atoms with Crippen molar-refractivity contribution in [3.63, 3.8) is 0 Å². The summed E-state index contributed by atoms with van der Waals surface area (Å²) in [6.45, 7) is 16.4. The lowest BCUT2D eigenvalue weighted by Crippen LogP contribution is -2.42. The van der Waals surface area contributed by atoms with E-state index in [9.17, 15) is 9.59 Å². The van der Waals surface area contributed by atoms with Crippen LogP contribution in [-0.2, 0) is 15.0 Å². The molecule has 0 spiro atoms. The molecule has 262 valence electrons. The van der Waals surface area contributed by atoms with Gasteiger partial charge in [0.1, 0.15) is 17.0 Å². The molecule has 49 heavy (non-hydrogen) atoms. The van der Waals surface area contributed by atoms with E-state index in [1.165, 1.54) is 6.07 Å². The van der Waals surface area contributed by atoms with Crippen LogP contribution in [0.1, 0.15) is 76.3 Å². The number of aryl methyl sites for hydroxylation is 1. The second-order valence-electron chi connectivity index (χ2n) is 14.9. The van der Waals surface area contributed by atoms with E-state index < -0.39 is 28.8 Å². The van der Waals surface area contributed by atoms with Crippen molar-refractivity contribution in [2.24, 2.45) is 0 Å². The van der Waals surface area contributed by atoms with Crippen LogP contribution in [0.2, 0.25) is 0 Å². The van der Waals surface area contributed by atoms with E-state index in [0.717, 1.165) is 51.4 Å². The molecule has 2 aromatic carbocycles. The lowest BCUT2D eigenvalue weighted by Gasteiger charge is -2.34. The molecule has 0 radical (unpaired) electrons. The van der Waals surface area contributed by atoms with Gasteiger partial charge in [-0.15, -0.1) is 0 Å². The van der Waals surface area contributed by atoms with Crippen LogP contribution in [0.15, 0.2) is 36.7 Å².